The molecule has 1 aliphatic carbocycles. The number of aromatic nitrogens is 3. The smallest absolute Gasteiger partial charge is 0.270 e. The van der Waals surface area contributed by atoms with Crippen molar-refractivity contribution in [2.45, 2.75) is 181 Å². The Kier molecular flexibility index (Phi) is 50.5. The zero-order chi connectivity index (χ0) is 99.1. The van der Waals surface area contributed by atoms with Crippen LogP contribution in [0.2, 0.25) is 0 Å². The number of amides is 1. The van der Waals surface area contributed by atoms with E-state index in [4.69, 9.17) is 47.9 Å². The van der Waals surface area contributed by atoms with Gasteiger partial charge >= 0.3 is 0 Å². The highest BCUT2D eigenvalue weighted by Gasteiger charge is 2.26. The molecule has 3 aromatic heterocycles. The summed E-state index contributed by atoms with van der Waals surface area (Å²) in [5, 5.41) is 26.0. The molecule has 1 fully saturated rings. The number of hydrogen-bond acceptors (Lipinski definition) is 28. The van der Waals surface area contributed by atoms with Crippen LogP contribution in [0.1, 0.15) is 157 Å². The molecule has 11 rings (SSSR count). The van der Waals surface area contributed by atoms with Gasteiger partial charge in [-0.25, -0.2) is 0 Å². The lowest BCUT2D eigenvalue weighted by Crippen LogP contribution is -2.42. The molecule has 7 aromatic rings. The second-order valence-corrected chi connectivity index (χ2v) is 47.6. The van der Waals surface area contributed by atoms with Crippen LogP contribution in [0.3, 0.4) is 0 Å². The molecule has 1 saturated carbocycles. The first kappa shape index (κ1) is 118. The molecule has 0 spiro atoms. The number of rotatable bonds is 39. The predicted molar refractivity (Wildman–Crippen MR) is 519 cm³/mol. The van der Waals surface area contributed by atoms with Gasteiger partial charge in [0.1, 0.15) is 0 Å². The third kappa shape index (κ3) is 53.4. The number of halogens is 1. The lowest BCUT2D eigenvalue weighted by molar-refractivity contribution is -0.384. The minimum absolute atomic E-state index is 0.0195. The number of nitrogen functional groups attached to an aromatic ring is 1. The van der Waals surface area contributed by atoms with Gasteiger partial charge in [0, 0.05) is 149 Å². The van der Waals surface area contributed by atoms with Gasteiger partial charge in [0.25, 0.3) is 86.6 Å². The van der Waals surface area contributed by atoms with E-state index in [1.165, 1.54) is 77.0 Å². The molecule has 132 heavy (non-hydrogen) atoms. The fourth-order valence-electron chi connectivity index (χ4n) is 14.5. The first-order valence-corrected chi connectivity index (χ1v) is 57.0. The minimum atomic E-state index is -3.97. The maximum Gasteiger partial charge on any atom is 0.270 e. The Balaban J connectivity index is 0.000000323. The summed E-state index contributed by atoms with van der Waals surface area (Å²) in [6.07, 6.45) is 14.3. The Morgan fingerprint density at radius 1 is 0.538 bits per heavy atom. The van der Waals surface area contributed by atoms with Crippen LogP contribution < -0.4 is 32.7 Å². The SMILES string of the molecule is CC(C)(C)NCCS(=O)(=O)O.CC(CCNC1CCCCC1)CS(=O)(=O)O.CCNCCS(=O)(=O)O.CN(C)CCS(=O)(=O)O.NC(Cc1ccccc1)C(=O)NCCCS(=O)(=O)O.Nc1ccc2[nH]c3c(c2c1)CCN(CCCCS(=O)(=O)O)C3.O=S(=O)(O)CCCCN1CCc2c([nH]c3ccc(Br)cc23)C1.O=[N+]([O-])c1ccc2[nH]c3c(c2c1)CCN(CCCCS(=O)(=O)O)C3. The van der Waals surface area contributed by atoms with Gasteiger partial charge in [-0.05, 0) is 228 Å². The van der Waals surface area contributed by atoms with Crippen molar-refractivity contribution in [2.24, 2.45) is 11.7 Å². The zero-order valence-corrected chi connectivity index (χ0v) is 84.1. The van der Waals surface area contributed by atoms with Gasteiger partial charge < -0.3 is 52.6 Å². The van der Waals surface area contributed by atoms with Crippen molar-refractivity contribution in [3.63, 3.8) is 0 Å². The van der Waals surface area contributed by atoms with E-state index in [2.05, 4.69) is 79.0 Å². The number of H-pyrrole nitrogens is 3. The maximum atomic E-state index is 11.6. The summed E-state index contributed by atoms with van der Waals surface area (Å²) in [5.74, 6) is -1.96. The van der Waals surface area contributed by atoms with Crippen molar-refractivity contribution in [3.8, 4) is 0 Å². The van der Waals surface area contributed by atoms with Crippen LogP contribution >= 0.6 is 15.9 Å². The second-order valence-electron chi connectivity index (χ2n) is 34.1. The van der Waals surface area contributed by atoms with Gasteiger partial charge in [0.2, 0.25) is 5.91 Å². The van der Waals surface area contributed by atoms with Gasteiger partial charge in [-0.3, -0.25) is 66.0 Å². The molecule has 2 atom stereocenters. The number of non-ortho nitro benzene ring substituents is 1. The quantitative estimate of drug-likeness (QED) is 0.00574. The second kappa shape index (κ2) is 56.5. The van der Waals surface area contributed by atoms with Crippen LogP contribution in [0.25, 0.3) is 32.7 Å². The number of nitrogens with zero attached hydrogens (tertiary/aromatic N) is 5. The highest BCUT2D eigenvalue weighted by atomic mass is 79.9. The molecule has 2 unspecified atom stereocenters. The van der Waals surface area contributed by atoms with Gasteiger partial charge in [0.15, 0.2) is 0 Å². The molecule has 41 nitrogen and oxygen atoms in total. The molecule has 3 aliphatic heterocycles. The summed E-state index contributed by atoms with van der Waals surface area (Å²) in [7, 11) is -27.2. The monoisotopic (exact) mass is 2080 g/mol. The topological polar surface area (TPSA) is 656 Å². The number of nitro groups is 1. The molecular formula is C82H137BrN14O27S8. The number of nitro benzene ring substituents is 1. The van der Waals surface area contributed by atoms with Crippen LogP contribution in [0.4, 0.5) is 11.4 Å². The number of nitrogens with two attached hydrogens (primary N) is 2. The first-order valence-electron chi connectivity index (χ1n) is 43.4. The molecule has 0 saturated heterocycles. The average Bonchev–Trinajstić information content (AvgIpc) is 1.64. The number of benzene rings is 4. The first-order chi connectivity index (χ1) is 61.2. The molecule has 4 aliphatic rings. The Morgan fingerprint density at radius 3 is 1.36 bits per heavy atom. The normalized spacial score (nSPS) is 15.3. The molecule has 6 heterocycles. The van der Waals surface area contributed by atoms with Crippen LogP contribution in [0, 0.1) is 16.0 Å². The Hall–Kier alpha value is -6.39. The average molecular weight is 2090 g/mol. The fourth-order valence-corrected chi connectivity index (χ4v) is 19.3. The molecule has 1 amide bonds. The lowest BCUT2D eigenvalue weighted by Gasteiger charge is -2.26. The summed E-state index contributed by atoms with van der Waals surface area (Å²) in [5.41, 5.74) is 23.9. The number of anilines is 1. The van der Waals surface area contributed by atoms with Crippen molar-refractivity contribution >= 4 is 147 Å². The summed E-state index contributed by atoms with van der Waals surface area (Å²) in [6.45, 7) is 19.8. The summed E-state index contributed by atoms with van der Waals surface area (Å²) in [4.78, 5) is 41.0. The van der Waals surface area contributed by atoms with Crippen molar-refractivity contribution in [1.29, 1.82) is 0 Å². The summed E-state index contributed by atoms with van der Waals surface area (Å²) < 4.78 is 236. The molecular weight excluding hydrogens is 1950 g/mol. The van der Waals surface area contributed by atoms with E-state index in [-0.39, 0.29) is 93.5 Å². The van der Waals surface area contributed by atoms with E-state index in [0.717, 1.165) is 147 Å². The van der Waals surface area contributed by atoms with E-state index in [1.807, 2.05) is 89.2 Å². The van der Waals surface area contributed by atoms with Crippen LogP contribution in [-0.4, -0.2) is 305 Å². The maximum absolute atomic E-state index is 11.6. The lowest BCUT2D eigenvalue weighted by atomic mass is 9.95. The zero-order valence-electron chi connectivity index (χ0n) is 76.0. The standard InChI is InChI=1S/C15H19BrN2O3S.C15H19N3O5S.C15H21N3O3S.C12H18N2O4S.C11H23NO3S.C6H15NO3S.2C4H11NO3S/c16-11-3-4-14-13(9-11)12-5-7-18(10-15(12)17-14)6-1-2-8-22(19,20)21;19-18(20)11-3-4-14-13(9-11)12-5-7-17(10-15(12)16-14)6-1-2-8-24(21,22)23;16-11-3-4-14-13(9-11)12-5-7-18(10-15(12)17-14)6-1-2-8-22(19,20)21;13-11(9-10-5-2-1-3-6-10)12(15)14-7-4-8-19(16,17)18;1-10(9-16(13,14)15)7-8-12-11-5-3-2-4-6-11;1-6(2,3)7-4-5-11(8,9)10;1-5(2)3-4-9(6,7)8;1-2-5-3-4-9(6,7)8/h3-4,9,17H,1-2,5-8,10H2,(H,19,20,21);3-4,9,16H,1-2,5-8,10H2,(H,21,22,23);3-4,9,17H,1-2,5-8,10,16H2,(H,19,20,21);1-3,5-6,11H,4,7-9,13H2,(H,14,15)(H,16,17,18);10-12H,2-9H2,1H3,(H,13,14,15);7H,4-5H2,1-3H3,(H,8,9,10);3-4H2,1-2H3,(H,6,7,8);5H,2-4H2,1H3,(H,6,7,8). The molecule has 752 valence electrons. The number of nitrogens with one attached hydrogen (secondary N) is 7. The van der Waals surface area contributed by atoms with Crippen LogP contribution in [0.5, 0.6) is 0 Å². The number of hydrogen-bond donors (Lipinski definition) is 17. The third-order valence-electron chi connectivity index (χ3n) is 21.0. The largest absolute Gasteiger partial charge is 0.399 e. The predicted octanol–water partition coefficient (Wildman–Crippen LogP) is 7.79. The molecule has 19 N–H and O–H groups in total. The molecule has 0 bridgehead atoms. The summed E-state index contributed by atoms with van der Waals surface area (Å²) in [6, 6.07) is 26.4. The number of fused-ring (bicyclic) bond motifs is 9. The van der Waals surface area contributed by atoms with E-state index < -0.39 is 87.0 Å². The molecule has 0 radical (unpaired) electrons. The highest BCUT2D eigenvalue weighted by Crippen LogP contribution is 2.33. The van der Waals surface area contributed by atoms with E-state index in [9.17, 15) is 82.3 Å². The van der Waals surface area contributed by atoms with E-state index in [0.29, 0.717) is 57.8 Å². The molecule has 4 aromatic carbocycles. The van der Waals surface area contributed by atoms with Crippen molar-refractivity contribution < 1.29 is 113 Å². The number of unbranched alkanes of at least 4 members (excludes halogenated alkanes) is 3. The van der Waals surface area contributed by atoms with Gasteiger partial charge in [-0.2, -0.15) is 67.3 Å². The Bertz CT molecular complexity index is 5580. The van der Waals surface area contributed by atoms with E-state index >= 15 is 0 Å². The Labute approximate surface area is 786 Å². The number of aromatic amines is 3. The number of carbonyl (C=O) groups excluding carboxylic acids is 1. The van der Waals surface area contributed by atoms with Gasteiger partial charge in [-0.1, -0.05) is 79.4 Å². The van der Waals surface area contributed by atoms with Crippen molar-refractivity contribution in [1.82, 2.24) is 55.8 Å². The van der Waals surface area contributed by atoms with Crippen LogP contribution in [0.15, 0.2) is 89.4 Å². The van der Waals surface area contributed by atoms with Crippen LogP contribution in [-0.2, 0) is 131 Å². The van der Waals surface area contributed by atoms with Gasteiger partial charge in [-0.15, -0.1) is 0 Å². The fraction of sp³-hybridized carbons (Fsp3) is 0.622. The van der Waals surface area contributed by atoms with Gasteiger partial charge in [0.05, 0.1) is 57.0 Å². The van der Waals surface area contributed by atoms with Crippen molar-refractivity contribution in [2.75, 3.05) is 144 Å². The minimum Gasteiger partial charge on any atom is -0.399 e. The van der Waals surface area contributed by atoms with E-state index in [1.54, 1.807) is 31.1 Å². The third-order valence-corrected chi connectivity index (χ3v) is 27.8. The Morgan fingerprint density at radius 2 is 0.955 bits per heavy atom. The summed E-state index contributed by atoms with van der Waals surface area (Å²) >= 11 is 3.52. The molecule has 50 heteroatoms. The van der Waals surface area contributed by atoms with Crippen molar-refractivity contribution in [3.05, 3.63) is 139 Å². The number of carbonyl (C=O) groups is 1. The highest BCUT2D eigenvalue weighted by molar-refractivity contribution is 9.10.